The number of aldehydes is 1. The molecule has 12 heavy (non-hydrogen) atoms. The highest BCUT2D eigenvalue weighted by Gasteiger charge is 2.07. The maximum absolute atomic E-state index is 10.6. The van der Waals surface area contributed by atoms with Crippen LogP contribution in [0, 0.1) is 0 Å². The molecule has 0 spiro atoms. The van der Waals surface area contributed by atoms with Crippen LogP contribution in [0.25, 0.3) is 0 Å². The molecule has 1 rings (SSSR count). The summed E-state index contributed by atoms with van der Waals surface area (Å²) in [4.78, 5) is 10.6. The normalized spacial score (nSPS) is 12.5. The molecule has 1 aromatic carbocycles. The van der Waals surface area contributed by atoms with Crippen molar-refractivity contribution in [2.45, 2.75) is 13.0 Å². The molecule has 0 amide bonds. The smallest absolute Gasteiger partial charge is 0.150 e. The van der Waals surface area contributed by atoms with Crippen LogP contribution in [-0.2, 0) is 4.74 Å². The lowest BCUT2D eigenvalue weighted by atomic mass is 10.0. The van der Waals surface area contributed by atoms with Crippen LogP contribution in [0.3, 0.4) is 0 Å². The largest absolute Gasteiger partial charge is 0.377 e. The van der Waals surface area contributed by atoms with Gasteiger partial charge in [-0.2, -0.15) is 0 Å². The molecule has 0 fully saturated rings. The van der Waals surface area contributed by atoms with Gasteiger partial charge in [0.1, 0.15) is 6.29 Å². The fraction of sp³-hybridized carbons (Fsp3) is 0.300. The molecule has 1 atom stereocenters. The number of methoxy groups -OCH3 is 1. The van der Waals surface area contributed by atoms with Crippen molar-refractivity contribution < 1.29 is 9.53 Å². The second-order valence-corrected chi connectivity index (χ2v) is 2.62. The van der Waals surface area contributed by atoms with Gasteiger partial charge in [-0.1, -0.05) is 24.3 Å². The minimum atomic E-state index is -0.0219. The molecular weight excluding hydrogens is 152 g/mol. The number of hydrogen-bond acceptors (Lipinski definition) is 2. The van der Waals surface area contributed by atoms with Crippen molar-refractivity contribution in [3.63, 3.8) is 0 Å². The average Bonchev–Trinajstić information content (AvgIpc) is 2.16. The van der Waals surface area contributed by atoms with Crippen LogP contribution < -0.4 is 0 Å². The molecule has 0 aliphatic rings. The van der Waals surface area contributed by atoms with Crippen molar-refractivity contribution in [1.82, 2.24) is 0 Å². The van der Waals surface area contributed by atoms with E-state index in [0.717, 1.165) is 11.8 Å². The van der Waals surface area contributed by atoms with E-state index in [1.165, 1.54) is 0 Å². The SMILES string of the molecule is COC(C)c1ccccc1C=O. The molecule has 0 saturated carbocycles. The molecule has 0 radical (unpaired) electrons. The highest BCUT2D eigenvalue weighted by molar-refractivity contribution is 5.77. The van der Waals surface area contributed by atoms with E-state index in [2.05, 4.69) is 0 Å². The van der Waals surface area contributed by atoms with Gasteiger partial charge in [0, 0.05) is 12.7 Å². The van der Waals surface area contributed by atoms with E-state index in [1.54, 1.807) is 13.2 Å². The maximum Gasteiger partial charge on any atom is 0.150 e. The van der Waals surface area contributed by atoms with Gasteiger partial charge < -0.3 is 4.74 Å². The monoisotopic (exact) mass is 164 g/mol. The first-order valence-corrected chi connectivity index (χ1v) is 3.86. The number of hydrogen-bond donors (Lipinski definition) is 0. The van der Waals surface area contributed by atoms with Gasteiger partial charge in [-0.25, -0.2) is 0 Å². The Morgan fingerprint density at radius 1 is 1.42 bits per heavy atom. The van der Waals surface area contributed by atoms with E-state index in [4.69, 9.17) is 4.74 Å². The number of carbonyl (C=O) groups excluding carboxylic acids is 1. The molecule has 0 aliphatic heterocycles. The van der Waals surface area contributed by atoms with E-state index in [-0.39, 0.29) is 6.10 Å². The predicted octanol–water partition coefficient (Wildman–Crippen LogP) is 2.21. The van der Waals surface area contributed by atoms with E-state index >= 15 is 0 Å². The highest BCUT2D eigenvalue weighted by Crippen LogP contribution is 2.18. The Morgan fingerprint density at radius 2 is 2.08 bits per heavy atom. The van der Waals surface area contributed by atoms with E-state index in [9.17, 15) is 4.79 Å². The molecule has 0 saturated heterocycles. The van der Waals surface area contributed by atoms with Crippen LogP contribution in [0.2, 0.25) is 0 Å². The zero-order chi connectivity index (χ0) is 8.97. The first-order valence-electron chi connectivity index (χ1n) is 3.86. The molecule has 1 unspecified atom stereocenters. The summed E-state index contributed by atoms with van der Waals surface area (Å²) in [6, 6.07) is 7.43. The lowest BCUT2D eigenvalue weighted by Crippen LogP contribution is -1.99. The zero-order valence-corrected chi connectivity index (χ0v) is 7.28. The van der Waals surface area contributed by atoms with Gasteiger partial charge in [-0.3, -0.25) is 4.79 Å². The van der Waals surface area contributed by atoms with E-state index < -0.39 is 0 Å². The minimum absolute atomic E-state index is 0.0219. The zero-order valence-electron chi connectivity index (χ0n) is 7.28. The first-order chi connectivity index (χ1) is 5.79. The lowest BCUT2D eigenvalue weighted by molar-refractivity contribution is 0.108. The fourth-order valence-electron chi connectivity index (χ4n) is 1.12. The standard InChI is InChI=1S/C10H12O2/c1-8(12-2)10-6-4-3-5-9(10)7-11/h3-8H,1-2H3. The molecule has 2 heteroatoms. The highest BCUT2D eigenvalue weighted by atomic mass is 16.5. The van der Waals surface area contributed by atoms with Gasteiger partial charge in [0.05, 0.1) is 6.10 Å². The molecular formula is C10H12O2. The second-order valence-electron chi connectivity index (χ2n) is 2.62. The summed E-state index contributed by atoms with van der Waals surface area (Å²) >= 11 is 0. The van der Waals surface area contributed by atoms with Gasteiger partial charge >= 0.3 is 0 Å². The summed E-state index contributed by atoms with van der Waals surface area (Å²) in [7, 11) is 1.63. The Morgan fingerprint density at radius 3 is 2.67 bits per heavy atom. The number of benzene rings is 1. The third-order valence-electron chi connectivity index (χ3n) is 1.91. The van der Waals surface area contributed by atoms with Crippen LogP contribution in [0.4, 0.5) is 0 Å². The molecule has 0 N–H and O–H groups in total. The number of rotatable bonds is 3. The second kappa shape index (κ2) is 4.02. The Bertz CT molecular complexity index is 268. The molecule has 1 aromatic rings. The lowest BCUT2D eigenvalue weighted by Gasteiger charge is -2.11. The maximum atomic E-state index is 10.6. The van der Waals surface area contributed by atoms with Crippen molar-refractivity contribution in [1.29, 1.82) is 0 Å². The third-order valence-corrected chi connectivity index (χ3v) is 1.91. The molecule has 0 aromatic heterocycles. The van der Waals surface area contributed by atoms with Crippen molar-refractivity contribution in [3.8, 4) is 0 Å². The van der Waals surface area contributed by atoms with Crippen molar-refractivity contribution in [3.05, 3.63) is 35.4 Å². The van der Waals surface area contributed by atoms with Crippen LogP contribution in [0.15, 0.2) is 24.3 Å². The number of ether oxygens (including phenoxy) is 1. The van der Waals surface area contributed by atoms with E-state index in [1.807, 2.05) is 25.1 Å². The first kappa shape index (κ1) is 8.94. The van der Waals surface area contributed by atoms with Crippen LogP contribution in [0.1, 0.15) is 28.9 Å². The quantitative estimate of drug-likeness (QED) is 0.640. The van der Waals surface area contributed by atoms with Crippen LogP contribution in [0.5, 0.6) is 0 Å². The summed E-state index contributed by atoms with van der Waals surface area (Å²) in [5.74, 6) is 0. The van der Waals surface area contributed by atoms with Gasteiger partial charge in [0.2, 0.25) is 0 Å². The topological polar surface area (TPSA) is 26.3 Å². The van der Waals surface area contributed by atoms with Gasteiger partial charge in [0.25, 0.3) is 0 Å². The van der Waals surface area contributed by atoms with Gasteiger partial charge in [0.15, 0.2) is 0 Å². The molecule has 64 valence electrons. The summed E-state index contributed by atoms with van der Waals surface area (Å²) in [6.07, 6.45) is 0.830. The van der Waals surface area contributed by atoms with Crippen molar-refractivity contribution in [2.24, 2.45) is 0 Å². The Kier molecular flexibility index (Phi) is 3.00. The van der Waals surface area contributed by atoms with E-state index in [0.29, 0.717) is 5.56 Å². The van der Waals surface area contributed by atoms with Crippen LogP contribution >= 0.6 is 0 Å². The molecule has 0 aliphatic carbocycles. The fourth-order valence-corrected chi connectivity index (χ4v) is 1.12. The van der Waals surface area contributed by atoms with Crippen molar-refractivity contribution >= 4 is 6.29 Å². The number of carbonyl (C=O) groups is 1. The Balaban J connectivity index is 3.04. The van der Waals surface area contributed by atoms with Gasteiger partial charge in [-0.05, 0) is 12.5 Å². The molecule has 0 heterocycles. The average molecular weight is 164 g/mol. The van der Waals surface area contributed by atoms with Crippen LogP contribution in [-0.4, -0.2) is 13.4 Å². The predicted molar refractivity (Wildman–Crippen MR) is 47.3 cm³/mol. The molecule has 2 nitrogen and oxygen atoms in total. The minimum Gasteiger partial charge on any atom is -0.377 e. The summed E-state index contributed by atoms with van der Waals surface area (Å²) in [6.45, 7) is 1.92. The third kappa shape index (κ3) is 1.71. The van der Waals surface area contributed by atoms with Crippen molar-refractivity contribution in [2.75, 3.05) is 7.11 Å². The molecule has 0 bridgehead atoms. The summed E-state index contributed by atoms with van der Waals surface area (Å²) < 4.78 is 5.12. The summed E-state index contributed by atoms with van der Waals surface area (Å²) in [5, 5.41) is 0. The Hall–Kier alpha value is -1.15. The van der Waals surface area contributed by atoms with Gasteiger partial charge in [-0.15, -0.1) is 0 Å². The Labute approximate surface area is 72.2 Å². The summed E-state index contributed by atoms with van der Waals surface area (Å²) in [5.41, 5.74) is 1.64.